The van der Waals surface area contributed by atoms with Crippen molar-refractivity contribution in [2.45, 2.75) is 12.8 Å². The Morgan fingerprint density at radius 3 is 3.17 bits per heavy atom. The normalized spacial score (nSPS) is 14.7. The molecule has 1 fully saturated rings. The summed E-state index contributed by atoms with van der Waals surface area (Å²) < 4.78 is 1.79. The maximum absolute atomic E-state index is 11.4. The number of anilines is 1. The average Bonchev–Trinajstić information content (AvgIpc) is 3.12. The Morgan fingerprint density at radius 1 is 1.44 bits per heavy atom. The van der Waals surface area contributed by atoms with Crippen LogP contribution in [0.25, 0.3) is 5.65 Å². The van der Waals surface area contributed by atoms with Crippen LogP contribution in [-0.2, 0) is 4.79 Å². The van der Waals surface area contributed by atoms with Crippen molar-refractivity contribution in [3.63, 3.8) is 0 Å². The van der Waals surface area contributed by atoms with E-state index in [1.54, 1.807) is 23.1 Å². The van der Waals surface area contributed by atoms with Crippen LogP contribution in [0, 0.1) is 5.92 Å². The number of amides is 1. The fraction of sp³-hybridized carbons (Fsp3) is 0.455. The van der Waals surface area contributed by atoms with Gasteiger partial charge >= 0.3 is 0 Å². The van der Waals surface area contributed by atoms with Crippen LogP contribution >= 0.6 is 0 Å². The fourth-order valence-corrected chi connectivity index (χ4v) is 1.74. The van der Waals surface area contributed by atoms with Gasteiger partial charge in [-0.1, -0.05) is 0 Å². The van der Waals surface area contributed by atoms with Crippen molar-refractivity contribution in [1.29, 1.82) is 0 Å². The summed E-state index contributed by atoms with van der Waals surface area (Å²) >= 11 is 0. The molecule has 0 atom stereocenters. The molecule has 0 bridgehead atoms. The van der Waals surface area contributed by atoms with E-state index in [0.717, 1.165) is 12.8 Å². The molecule has 0 saturated heterocycles. The molecule has 2 aromatic rings. The Balaban J connectivity index is 1.53. The molecule has 94 valence electrons. The minimum absolute atomic E-state index is 0.158. The predicted octanol–water partition coefficient (Wildman–Crippen LogP) is 0.0624. The minimum atomic E-state index is 0.158. The Bertz CT molecular complexity index is 561. The van der Waals surface area contributed by atoms with Gasteiger partial charge in [-0.3, -0.25) is 9.20 Å². The van der Waals surface area contributed by atoms with E-state index in [2.05, 4.69) is 25.8 Å². The quantitative estimate of drug-likeness (QED) is 0.729. The summed E-state index contributed by atoms with van der Waals surface area (Å²) in [5, 5.41) is 13.8. The van der Waals surface area contributed by atoms with Gasteiger partial charge in [-0.2, -0.15) is 0 Å². The van der Waals surface area contributed by atoms with Crippen molar-refractivity contribution >= 4 is 17.4 Å². The molecule has 0 spiro atoms. The van der Waals surface area contributed by atoms with Gasteiger partial charge in [-0.25, -0.2) is 4.98 Å². The maximum Gasteiger partial charge on any atom is 0.223 e. The van der Waals surface area contributed by atoms with E-state index in [9.17, 15) is 4.79 Å². The molecule has 2 aromatic heterocycles. The Hall–Kier alpha value is -2.18. The Morgan fingerprint density at radius 2 is 2.33 bits per heavy atom. The monoisotopic (exact) mass is 246 g/mol. The van der Waals surface area contributed by atoms with E-state index >= 15 is 0 Å². The number of nitrogens with zero attached hydrogens (tertiary/aromatic N) is 4. The second kappa shape index (κ2) is 4.59. The number of nitrogens with one attached hydrogen (secondary N) is 2. The molecule has 0 aromatic carbocycles. The lowest BCUT2D eigenvalue weighted by molar-refractivity contribution is -0.122. The van der Waals surface area contributed by atoms with Crippen LogP contribution in [0.4, 0.5) is 5.82 Å². The second-order valence-corrected chi connectivity index (χ2v) is 4.33. The molecule has 7 heteroatoms. The van der Waals surface area contributed by atoms with E-state index in [1.165, 1.54) is 0 Å². The third kappa shape index (κ3) is 2.24. The Labute approximate surface area is 104 Å². The molecule has 2 heterocycles. The number of hydrogen-bond donors (Lipinski definition) is 2. The van der Waals surface area contributed by atoms with Crippen molar-refractivity contribution in [2.24, 2.45) is 5.92 Å². The smallest absolute Gasteiger partial charge is 0.223 e. The van der Waals surface area contributed by atoms with Crippen LogP contribution in [0.5, 0.6) is 0 Å². The van der Waals surface area contributed by atoms with Crippen LogP contribution in [0.15, 0.2) is 18.7 Å². The fourth-order valence-electron chi connectivity index (χ4n) is 1.74. The van der Waals surface area contributed by atoms with Gasteiger partial charge < -0.3 is 10.6 Å². The van der Waals surface area contributed by atoms with Gasteiger partial charge in [0.15, 0.2) is 5.82 Å². The third-order valence-electron chi connectivity index (χ3n) is 2.88. The molecule has 1 aliphatic rings. The van der Waals surface area contributed by atoms with Crippen molar-refractivity contribution in [1.82, 2.24) is 24.9 Å². The summed E-state index contributed by atoms with van der Waals surface area (Å²) in [6.45, 7) is 1.21. The highest BCUT2D eigenvalue weighted by molar-refractivity contribution is 5.80. The Kier molecular flexibility index (Phi) is 2.79. The van der Waals surface area contributed by atoms with Crippen molar-refractivity contribution in [3.05, 3.63) is 18.7 Å². The number of carbonyl (C=O) groups is 1. The van der Waals surface area contributed by atoms with Gasteiger partial charge in [-0.15, -0.1) is 10.2 Å². The lowest BCUT2D eigenvalue weighted by Gasteiger charge is -2.07. The van der Waals surface area contributed by atoms with Crippen LogP contribution in [0.1, 0.15) is 12.8 Å². The summed E-state index contributed by atoms with van der Waals surface area (Å²) in [4.78, 5) is 15.6. The van der Waals surface area contributed by atoms with Gasteiger partial charge in [0, 0.05) is 31.4 Å². The molecule has 0 aliphatic heterocycles. The maximum atomic E-state index is 11.4. The summed E-state index contributed by atoms with van der Waals surface area (Å²) in [6.07, 6.45) is 7.15. The van der Waals surface area contributed by atoms with Crippen LogP contribution in [-0.4, -0.2) is 38.6 Å². The second-order valence-electron chi connectivity index (χ2n) is 4.33. The number of hydrogen-bond acceptors (Lipinski definition) is 5. The van der Waals surface area contributed by atoms with E-state index in [4.69, 9.17) is 0 Å². The molecule has 1 saturated carbocycles. The number of carbonyl (C=O) groups excluding carboxylic acids is 1. The van der Waals surface area contributed by atoms with Gasteiger partial charge in [0.25, 0.3) is 0 Å². The first-order valence-corrected chi connectivity index (χ1v) is 6.00. The summed E-state index contributed by atoms with van der Waals surface area (Å²) in [6, 6.07) is 0. The van der Waals surface area contributed by atoms with E-state index < -0.39 is 0 Å². The number of aromatic nitrogens is 4. The average molecular weight is 246 g/mol. The van der Waals surface area contributed by atoms with Crippen LogP contribution in [0.3, 0.4) is 0 Å². The van der Waals surface area contributed by atoms with E-state index in [0.29, 0.717) is 24.6 Å². The lowest BCUT2D eigenvalue weighted by atomic mass is 10.4. The first kappa shape index (κ1) is 10.9. The topological polar surface area (TPSA) is 84.2 Å². The highest BCUT2D eigenvalue weighted by Crippen LogP contribution is 2.28. The zero-order valence-electron chi connectivity index (χ0n) is 9.83. The molecule has 1 aliphatic carbocycles. The number of rotatable bonds is 5. The zero-order valence-corrected chi connectivity index (χ0v) is 9.83. The molecule has 7 nitrogen and oxygen atoms in total. The van der Waals surface area contributed by atoms with Gasteiger partial charge in [0.05, 0.1) is 0 Å². The molecule has 18 heavy (non-hydrogen) atoms. The summed E-state index contributed by atoms with van der Waals surface area (Å²) in [5.41, 5.74) is 0.686. The molecular formula is C11H14N6O. The van der Waals surface area contributed by atoms with Gasteiger partial charge in [0.1, 0.15) is 6.33 Å². The molecule has 0 radical (unpaired) electrons. The third-order valence-corrected chi connectivity index (χ3v) is 2.88. The van der Waals surface area contributed by atoms with Crippen molar-refractivity contribution in [2.75, 3.05) is 18.4 Å². The first-order valence-electron chi connectivity index (χ1n) is 6.00. The zero-order chi connectivity index (χ0) is 12.4. The summed E-state index contributed by atoms with van der Waals surface area (Å²) in [7, 11) is 0. The molecule has 2 N–H and O–H groups in total. The molecule has 0 unspecified atom stereocenters. The molecule has 3 rings (SSSR count). The predicted molar refractivity (Wildman–Crippen MR) is 65.0 cm³/mol. The highest BCUT2D eigenvalue weighted by Gasteiger charge is 2.28. The largest absolute Gasteiger partial charge is 0.365 e. The van der Waals surface area contributed by atoms with E-state index in [-0.39, 0.29) is 11.8 Å². The van der Waals surface area contributed by atoms with Crippen molar-refractivity contribution in [3.8, 4) is 0 Å². The van der Waals surface area contributed by atoms with Gasteiger partial charge in [0.2, 0.25) is 11.6 Å². The molecule has 1 amide bonds. The van der Waals surface area contributed by atoms with Gasteiger partial charge in [-0.05, 0) is 12.8 Å². The SMILES string of the molecule is O=C(NCCNc1nccn2cnnc12)C1CC1. The van der Waals surface area contributed by atoms with E-state index in [1.807, 2.05) is 0 Å². The van der Waals surface area contributed by atoms with Crippen molar-refractivity contribution < 1.29 is 4.79 Å². The van der Waals surface area contributed by atoms with Crippen LogP contribution < -0.4 is 10.6 Å². The summed E-state index contributed by atoms with van der Waals surface area (Å²) in [5.74, 6) is 1.09. The lowest BCUT2D eigenvalue weighted by Crippen LogP contribution is -2.30. The van der Waals surface area contributed by atoms with Crippen LogP contribution in [0.2, 0.25) is 0 Å². The standard InChI is InChI=1S/C11H14N6O/c18-11(8-1-2-8)14-4-3-12-9-10-16-15-7-17(10)6-5-13-9/h5-8H,1-4H2,(H,12,13)(H,14,18). The molecular weight excluding hydrogens is 232 g/mol. The highest BCUT2D eigenvalue weighted by atomic mass is 16.2. The first-order chi connectivity index (χ1) is 8.84. The number of fused-ring (bicyclic) bond motifs is 1. The minimum Gasteiger partial charge on any atom is -0.365 e.